The lowest BCUT2D eigenvalue weighted by molar-refractivity contribution is -0.116. The predicted octanol–water partition coefficient (Wildman–Crippen LogP) is 4.53. The molecule has 1 aromatic heterocycles. The van der Waals surface area contributed by atoms with Crippen molar-refractivity contribution in [2.45, 2.75) is 33.4 Å². The average molecular weight is 452 g/mol. The molecular weight excluding hydrogens is 426 g/mol. The van der Waals surface area contributed by atoms with Crippen LogP contribution in [0, 0.1) is 6.92 Å². The van der Waals surface area contributed by atoms with E-state index in [9.17, 15) is 9.59 Å². The number of para-hydroxylation sites is 1. The highest BCUT2D eigenvalue weighted by molar-refractivity contribution is 6.33. The number of aryl methyl sites for hydroxylation is 2. The van der Waals surface area contributed by atoms with Crippen molar-refractivity contribution in [1.29, 1.82) is 0 Å². The van der Waals surface area contributed by atoms with Crippen LogP contribution < -0.4 is 10.2 Å². The van der Waals surface area contributed by atoms with Crippen molar-refractivity contribution in [2.24, 2.45) is 7.05 Å². The summed E-state index contributed by atoms with van der Waals surface area (Å²) < 4.78 is 1.86. The molecule has 0 radical (unpaired) electrons. The van der Waals surface area contributed by atoms with Gasteiger partial charge in [0.1, 0.15) is 0 Å². The molecule has 0 unspecified atom stereocenters. The van der Waals surface area contributed by atoms with Crippen LogP contribution >= 0.6 is 11.6 Å². The van der Waals surface area contributed by atoms with Gasteiger partial charge in [-0.1, -0.05) is 35.9 Å². The van der Waals surface area contributed by atoms with Gasteiger partial charge in [-0.05, 0) is 36.8 Å². The number of halogens is 1. The van der Waals surface area contributed by atoms with Gasteiger partial charge in [0.05, 0.1) is 29.5 Å². The Kier molecular flexibility index (Phi) is 6.19. The van der Waals surface area contributed by atoms with E-state index >= 15 is 0 Å². The zero-order valence-electron chi connectivity index (χ0n) is 18.4. The van der Waals surface area contributed by atoms with E-state index in [4.69, 9.17) is 11.6 Å². The number of nitrogens with zero attached hydrogens (tertiary/aromatic N) is 4. The molecule has 7 nitrogen and oxygen atoms in total. The Morgan fingerprint density at radius 1 is 1.19 bits per heavy atom. The normalized spacial score (nSPS) is 12.9. The number of amides is 3. The second-order valence-electron chi connectivity index (χ2n) is 8.02. The molecule has 4 rings (SSSR count). The van der Waals surface area contributed by atoms with E-state index in [1.54, 1.807) is 16.7 Å². The number of urea groups is 1. The molecule has 0 saturated carbocycles. The third-order valence-electron chi connectivity index (χ3n) is 5.73. The van der Waals surface area contributed by atoms with Gasteiger partial charge in [0.15, 0.2) is 0 Å². The van der Waals surface area contributed by atoms with Crippen LogP contribution in [0.3, 0.4) is 0 Å². The van der Waals surface area contributed by atoms with Crippen LogP contribution in [-0.4, -0.2) is 33.2 Å². The Morgan fingerprint density at radius 3 is 2.62 bits per heavy atom. The SMILES string of the molecule is CC(=O)N(Cc1nn(C)c2c1CN(C(=O)Nc1ccc(C)cc1Cl)CC2)c1ccccc1. The van der Waals surface area contributed by atoms with Crippen LogP contribution in [0.2, 0.25) is 5.02 Å². The van der Waals surface area contributed by atoms with Gasteiger partial charge in [0.2, 0.25) is 5.91 Å². The number of hydrogen-bond acceptors (Lipinski definition) is 3. The number of aromatic nitrogens is 2. The van der Waals surface area contributed by atoms with Crippen LogP contribution in [0.4, 0.5) is 16.2 Å². The highest BCUT2D eigenvalue weighted by Crippen LogP contribution is 2.27. The number of fused-ring (bicyclic) bond motifs is 1. The van der Waals surface area contributed by atoms with Gasteiger partial charge in [-0.2, -0.15) is 5.10 Å². The Labute approximate surface area is 192 Å². The highest BCUT2D eigenvalue weighted by atomic mass is 35.5. The molecule has 2 aromatic carbocycles. The van der Waals surface area contributed by atoms with E-state index < -0.39 is 0 Å². The summed E-state index contributed by atoms with van der Waals surface area (Å²) in [4.78, 5) is 28.8. The van der Waals surface area contributed by atoms with Gasteiger partial charge in [0, 0.05) is 43.9 Å². The standard InChI is InChI=1S/C24H26ClN5O2/c1-16-9-10-21(20(25)13-16)26-24(32)29-12-11-23-19(14-29)22(27-28(23)3)15-30(17(2)31)18-7-5-4-6-8-18/h4-10,13H,11-12,14-15H2,1-3H3,(H,26,32). The number of hydrogen-bond donors (Lipinski definition) is 1. The van der Waals surface area contributed by atoms with Crippen LogP contribution in [0.5, 0.6) is 0 Å². The summed E-state index contributed by atoms with van der Waals surface area (Å²) >= 11 is 6.28. The van der Waals surface area contributed by atoms with E-state index in [1.165, 1.54) is 0 Å². The minimum Gasteiger partial charge on any atom is -0.320 e. The van der Waals surface area contributed by atoms with Gasteiger partial charge in [-0.15, -0.1) is 0 Å². The molecule has 0 atom stereocenters. The number of nitrogens with one attached hydrogen (secondary N) is 1. The molecule has 166 valence electrons. The van der Waals surface area contributed by atoms with E-state index in [0.717, 1.165) is 28.2 Å². The monoisotopic (exact) mass is 451 g/mol. The van der Waals surface area contributed by atoms with Crippen LogP contribution in [-0.2, 0) is 31.4 Å². The summed E-state index contributed by atoms with van der Waals surface area (Å²) in [7, 11) is 1.91. The molecule has 0 bridgehead atoms. The Balaban J connectivity index is 1.55. The van der Waals surface area contributed by atoms with Crippen LogP contribution in [0.1, 0.15) is 29.4 Å². The van der Waals surface area contributed by atoms with Crippen LogP contribution in [0.15, 0.2) is 48.5 Å². The van der Waals surface area contributed by atoms with Gasteiger partial charge < -0.3 is 15.1 Å². The first kappa shape index (κ1) is 21.9. The van der Waals surface area contributed by atoms with Crippen LogP contribution in [0.25, 0.3) is 0 Å². The molecule has 0 saturated heterocycles. The molecule has 2 heterocycles. The van der Waals surface area contributed by atoms with E-state index in [0.29, 0.717) is 36.8 Å². The lowest BCUT2D eigenvalue weighted by Gasteiger charge is -2.28. The van der Waals surface area contributed by atoms with Crippen molar-refractivity contribution in [3.8, 4) is 0 Å². The summed E-state index contributed by atoms with van der Waals surface area (Å²) in [5.41, 5.74) is 5.32. The molecule has 3 aromatic rings. The molecule has 1 N–H and O–H groups in total. The molecule has 8 heteroatoms. The van der Waals surface area contributed by atoms with Crippen molar-refractivity contribution in [3.05, 3.63) is 76.1 Å². The lowest BCUT2D eigenvalue weighted by atomic mass is 10.0. The Bertz CT molecular complexity index is 1160. The minimum absolute atomic E-state index is 0.0602. The summed E-state index contributed by atoms with van der Waals surface area (Å²) in [6.45, 7) is 4.85. The average Bonchev–Trinajstić information content (AvgIpc) is 3.09. The lowest BCUT2D eigenvalue weighted by Crippen LogP contribution is -2.39. The van der Waals surface area contributed by atoms with Gasteiger partial charge >= 0.3 is 6.03 Å². The van der Waals surface area contributed by atoms with E-state index in [2.05, 4.69) is 10.4 Å². The third kappa shape index (κ3) is 4.48. The number of rotatable bonds is 4. The second kappa shape index (κ2) is 9.04. The quantitative estimate of drug-likeness (QED) is 0.633. The summed E-state index contributed by atoms with van der Waals surface area (Å²) in [6, 6.07) is 14.9. The molecule has 0 fully saturated rings. The zero-order valence-corrected chi connectivity index (χ0v) is 19.2. The number of carbonyl (C=O) groups excluding carboxylic acids is 2. The molecule has 3 amide bonds. The molecule has 1 aliphatic heterocycles. The fourth-order valence-corrected chi connectivity index (χ4v) is 4.31. The smallest absolute Gasteiger partial charge is 0.320 e. The van der Waals surface area contributed by atoms with Crippen molar-refractivity contribution in [1.82, 2.24) is 14.7 Å². The second-order valence-corrected chi connectivity index (χ2v) is 8.43. The minimum atomic E-state index is -0.206. The first-order valence-electron chi connectivity index (χ1n) is 10.5. The molecule has 32 heavy (non-hydrogen) atoms. The summed E-state index contributed by atoms with van der Waals surface area (Å²) in [5.74, 6) is -0.0602. The van der Waals surface area contributed by atoms with Gasteiger partial charge in [-0.3, -0.25) is 9.48 Å². The van der Waals surface area contributed by atoms with Crippen molar-refractivity contribution in [3.63, 3.8) is 0 Å². The fourth-order valence-electron chi connectivity index (χ4n) is 4.03. The Hall–Kier alpha value is -3.32. The first-order valence-corrected chi connectivity index (χ1v) is 10.9. The zero-order chi connectivity index (χ0) is 22.8. The number of carbonyl (C=O) groups is 2. The maximum atomic E-state index is 12.9. The Morgan fingerprint density at radius 2 is 1.94 bits per heavy atom. The molecule has 1 aliphatic rings. The number of benzene rings is 2. The van der Waals surface area contributed by atoms with Crippen molar-refractivity contribution < 1.29 is 9.59 Å². The highest BCUT2D eigenvalue weighted by Gasteiger charge is 2.28. The molecule has 0 spiro atoms. The van der Waals surface area contributed by atoms with Crippen molar-refractivity contribution in [2.75, 3.05) is 16.8 Å². The summed E-state index contributed by atoms with van der Waals surface area (Å²) in [5, 5.41) is 8.11. The predicted molar refractivity (Wildman–Crippen MR) is 126 cm³/mol. The van der Waals surface area contributed by atoms with Gasteiger partial charge in [-0.25, -0.2) is 4.79 Å². The largest absolute Gasteiger partial charge is 0.322 e. The molecular formula is C24H26ClN5O2. The molecule has 0 aliphatic carbocycles. The fraction of sp³-hybridized carbons (Fsp3) is 0.292. The van der Waals surface area contributed by atoms with Gasteiger partial charge in [0.25, 0.3) is 0 Å². The maximum absolute atomic E-state index is 12.9. The first-order chi connectivity index (χ1) is 15.3. The van der Waals surface area contributed by atoms with Crippen molar-refractivity contribution >= 4 is 34.9 Å². The third-order valence-corrected chi connectivity index (χ3v) is 6.05. The number of anilines is 2. The topological polar surface area (TPSA) is 70.5 Å². The van der Waals surface area contributed by atoms with E-state index in [-0.39, 0.29) is 11.9 Å². The maximum Gasteiger partial charge on any atom is 0.322 e. The van der Waals surface area contributed by atoms with E-state index in [1.807, 2.05) is 67.2 Å². The summed E-state index contributed by atoms with van der Waals surface area (Å²) in [6.07, 6.45) is 0.694.